The largest absolute Gasteiger partial charge is 0.382 e. The number of pyridine rings is 1. The van der Waals surface area contributed by atoms with Crippen molar-refractivity contribution in [1.29, 1.82) is 0 Å². The average Bonchev–Trinajstić information content (AvgIpc) is 2.94. The summed E-state index contributed by atoms with van der Waals surface area (Å²) in [7, 11) is 0. The van der Waals surface area contributed by atoms with Crippen LogP contribution in [0.15, 0.2) is 72.9 Å². The van der Waals surface area contributed by atoms with E-state index in [1.54, 1.807) is 24.4 Å². The second kappa shape index (κ2) is 6.84. The quantitative estimate of drug-likeness (QED) is 0.670. The highest BCUT2D eigenvalue weighted by atomic mass is 16.7. The third-order valence-electron chi connectivity index (χ3n) is 4.22. The van der Waals surface area contributed by atoms with E-state index in [0.717, 1.165) is 11.1 Å². The van der Waals surface area contributed by atoms with Crippen LogP contribution in [0, 0.1) is 0 Å². The van der Waals surface area contributed by atoms with Crippen molar-refractivity contribution in [2.24, 2.45) is 0 Å². The summed E-state index contributed by atoms with van der Waals surface area (Å²) in [5.41, 5.74) is 2.49. The minimum Gasteiger partial charge on any atom is -0.323 e. The lowest BCUT2D eigenvalue weighted by atomic mass is 10.1. The Kier molecular flexibility index (Phi) is 4.22. The van der Waals surface area contributed by atoms with Crippen LogP contribution < -0.4 is 0 Å². The van der Waals surface area contributed by atoms with Crippen molar-refractivity contribution in [3.63, 3.8) is 0 Å². The van der Waals surface area contributed by atoms with Crippen molar-refractivity contribution >= 4 is 17.8 Å². The van der Waals surface area contributed by atoms with Gasteiger partial charge in [0.25, 0.3) is 11.8 Å². The molecule has 1 aromatic heterocycles. The molecule has 0 fully saturated rings. The summed E-state index contributed by atoms with van der Waals surface area (Å²) in [4.78, 5) is 45.8. The summed E-state index contributed by atoms with van der Waals surface area (Å²) in [6.07, 6.45) is 2.26. The van der Waals surface area contributed by atoms with Crippen LogP contribution in [-0.2, 0) is 11.3 Å². The Labute approximate surface area is 155 Å². The van der Waals surface area contributed by atoms with E-state index in [0.29, 0.717) is 11.5 Å². The molecule has 0 unspecified atom stereocenters. The van der Waals surface area contributed by atoms with Gasteiger partial charge in [0.05, 0.1) is 11.1 Å². The highest BCUT2D eigenvalue weighted by molar-refractivity contribution is 6.21. The van der Waals surface area contributed by atoms with Crippen LogP contribution >= 0.6 is 0 Å². The first-order chi connectivity index (χ1) is 13.1. The fourth-order valence-corrected chi connectivity index (χ4v) is 2.86. The zero-order valence-electron chi connectivity index (χ0n) is 14.2. The zero-order chi connectivity index (χ0) is 18.8. The van der Waals surface area contributed by atoms with Gasteiger partial charge in [-0.05, 0) is 35.7 Å². The third kappa shape index (κ3) is 3.20. The van der Waals surface area contributed by atoms with Crippen LogP contribution in [0.5, 0.6) is 0 Å². The van der Waals surface area contributed by atoms with E-state index in [9.17, 15) is 14.4 Å². The molecule has 0 aliphatic carbocycles. The molecule has 0 spiro atoms. The number of benzene rings is 2. The summed E-state index contributed by atoms with van der Waals surface area (Å²) in [5, 5.41) is 0.479. The highest BCUT2D eigenvalue weighted by Gasteiger charge is 2.38. The number of hydrogen-bond donors (Lipinski definition) is 0. The molecule has 3 aromatic rings. The van der Waals surface area contributed by atoms with Crippen LogP contribution in [0.25, 0.3) is 0 Å². The molecule has 1 aliphatic heterocycles. The Balaban J connectivity index is 1.46. The summed E-state index contributed by atoms with van der Waals surface area (Å²) < 4.78 is 0. The Bertz CT molecular complexity index is 995. The first-order valence-corrected chi connectivity index (χ1v) is 8.32. The maximum atomic E-state index is 12.3. The molecule has 0 bridgehead atoms. The molecule has 1 aliphatic rings. The molecule has 2 aromatic carbocycles. The van der Waals surface area contributed by atoms with Crippen molar-refractivity contribution in [2.45, 2.75) is 6.42 Å². The van der Waals surface area contributed by atoms with Crippen molar-refractivity contribution in [3.8, 4) is 0 Å². The van der Waals surface area contributed by atoms with Crippen molar-refractivity contribution in [3.05, 3.63) is 101 Å². The minimum atomic E-state index is -0.865. The Morgan fingerprint density at radius 3 is 2.04 bits per heavy atom. The van der Waals surface area contributed by atoms with E-state index in [1.807, 2.05) is 30.3 Å². The SMILES string of the molecule is O=C(ON1C(=O)c2ccccc2C1=O)c1ccc(Cc2ccccc2)cn1. The minimum absolute atomic E-state index is 0.0170. The van der Waals surface area contributed by atoms with E-state index in [1.165, 1.54) is 18.2 Å². The molecule has 27 heavy (non-hydrogen) atoms. The van der Waals surface area contributed by atoms with Crippen molar-refractivity contribution < 1.29 is 19.2 Å². The molecular formula is C21H14N2O4. The maximum absolute atomic E-state index is 12.3. The fraction of sp³-hybridized carbons (Fsp3) is 0.0476. The second-order valence-corrected chi connectivity index (χ2v) is 6.04. The highest BCUT2D eigenvalue weighted by Crippen LogP contribution is 2.23. The maximum Gasteiger partial charge on any atom is 0.382 e. The van der Waals surface area contributed by atoms with E-state index in [4.69, 9.17) is 4.84 Å². The number of carbonyl (C=O) groups excluding carboxylic acids is 3. The number of nitrogens with zero attached hydrogens (tertiary/aromatic N) is 2. The van der Waals surface area contributed by atoms with Gasteiger partial charge in [0.15, 0.2) is 5.69 Å². The molecule has 6 heteroatoms. The van der Waals surface area contributed by atoms with Gasteiger partial charge in [-0.3, -0.25) is 9.59 Å². The smallest absolute Gasteiger partial charge is 0.323 e. The molecule has 4 rings (SSSR count). The summed E-state index contributed by atoms with van der Waals surface area (Å²) in [6.45, 7) is 0. The van der Waals surface area contributed by atoms with Gasteiger partial charge >= 0.3 is 5.97 Å². The number of fused-ring (bicyclic) bond motifs is 1. The van der Waals surface area contributed by atoms with E-state index >= 15 is 0 Å². The molecule has 0 atom stereocenters. The zero-order valence-corrected chi connectivity index (χ0v) is 14.2. The van der Waals surface area contributed by atoms with Gasteiger partial charge in [0, 0.05) is 6.20 Å². The summed E-state index contributed by atoms with van der Waals surface area (Å²) >= 11 is 0. The van der Waals surface area contributed by atoms with Crippen LogP contribution in [0.2, 0.25) is 0 Å². The normalized spacial score (nSPS) is 12.8. The van der Waals surface area contributed by atoms with Gasteiger partial charge in [-0.25, -0.2) is 9.78 Å². The van der Waals surface area contributed by atoms with Crippen molar-refractivity contribution in [1.82, 2.24) is 10.0 Å². The molecular weight excluding hydrogens is 344 g/mol. The predicted octanol–water partition coefficient (Wildman–Crippen LogP) is 3.04. The third-order valence-corrected chi connectivity index (χ3v) is 4.22. The lowest BCUT2D eigenvalue weighted by molar-refractivity contribution is -0.0588. The van der Waals surface area contributed by atoms with Gasteiger partial charge in [-0.1, -0.05) is 53.6 Å². The predicted molar refractivity (Wildman–Crippen MR) is 95.8 cm³/mol. The number of amides is 2. The summed E-state index contributed by atoms with van der Waals surface area (Å²) in [5.74, 6) is -2.19. The van der Waals surface area contributed by atoms with Gasteiger partial charge in [0.1, 0.15) is 0 Å². The van der Waals surface area contributed by atoms with Gasteiger partial charge in [-0.2, -0.15) is 0 Å². The van der Waals surface area contributed by atoms with E-state index in [-0.39, 0.29) is 16.8 Å². The van der Waals surface area contributed by atoms with Crippen molar-refractivity contribution in [2.75, 3.05) is 0 Å². The van der Waals surface area contributed by atoms with E-state index < -0.39 is 17.8 Å². The first-order valence-electron chi connectivity index (χ1n) is 8.32. The number of rotatable bonds is 4. The molecule has 0 saturated heterocycles. The molecule has 132 valence electrons. The summed E-state index contributed by atoms with van der Waals surface area (Å²) in [6, 6.07) is 19.4. The number of hydrogen-bond acceptors (Lipinski definition) is 5. The second-order valence-electron chi connectivity index (χ2n) is 6.04. The molecule has 0 saturated carbocycles. The molecule has 2 amide bonds. The molecule has 0 radical (unpaired) electrons. The average molecular weight is 358 g/mol. The topological polar surface area (TPSA) is 76.6 Å². The standard InChI is InChI=1S/C21H14N2O4/c24-19-16-8-4-5-9-17(16)20(25)23(19)27-21(26)18-11-10-15(13-22-18)12-14-6-2-1-3-7-14/h1-11,13H,12H2. The Hall–Kier alpha value is -3.80. The number of aromatic nitrogens is 1. The molecule has 2 heterocycles. The monoisotopic (exact) mass is 358 g/mol. The van der Waals surface area contributed by atoms with Crippen LogP contribution in [-0.4, -0.2) is 27.8 Å². The number of imide groups is 1. The van der Waals surface area contributed by atoms with Crippen LogP contribution in [0.3, 0.4) is 0 Å². The molecule has 6 nitrogen and oxygen atoms in total. The van der Waals surface area contributed by atoms with Gasteiger partial charge < -0.3 is 4.84 Å². The van der Waals surface area contributed by atoms with Gasteiger partial charge in [-0.15, -0.1) is 0 Å². The fourth-order valence-electron chi connectivity index (χ4n) is 2.86. The lowest BCUT2D eigenvalue weighted by Crippen LogP contribution is -2.32. The first kappa shape index (κ1) is 16.7. The Morgan fingerprint density at radius 1 is 0.815 bits per heavy atom. The number of carbonyl (C=O) groups is 3. The van der Waals surface area contributed by atoms with Crippen LogP contribution in [0.1, 0.15) is 42.3 Å². The Morgan fingerprint density at radius 2 is 1.44 bits per heavy atom. The van der Waals surface area contributed by atoms with Gasteiger partial charge in [0.2, 0.25) is 0 Å². The van der Waals surface area contributed by atoms with Crippen LogP contribution in [0.4, 0.5) is 0 Å². The molecule has 0 N–H and O–H groups in total. The number of hydroxylamine groups is 2. The lowest BCUT2D eigenvalue weighted by Gasteiger charge is -2.12. The van der Waals surface area contributed by atoms with E-state index in [2.05, 4.69) is 4.98 Å².